The minimum absolute atomic E-state index is 0.00934. The van der Waals surface area contributed by atoms with Crippen molar-refractivity contribution >= 4 is 23.2 Å². The zero-order valence-electron chi connectivity index (χ0n) is 14.5. The predicted octanol–water partition coefficient (Wildman–Crippen LogP) is 4.09. The van der Waals surface area contributed by atoms with Crippen molar-refractivity contribution in [3.05, 3.63) is 64.4 Å². The Balaban J connectivity index is 1.57. The van der Waals surface area contributed by atoms with Crippen LogP contribution in [0.3, 0.4) is 0 Å². The van der Waals surface area contributed by atoms with Gasteiger partial charge in [-0.3, -0.25) is 4.79 Å². The summed E-state index contributed by atoms with van der Waals surface area (Å²) < 4.78 is 5.36. The number of carbonyl (C=O) groups is 1. The molecule has 0 spiro atoms. The highest BCUT2D eigenvalue weighted by molar-refractivity contribution is 6.31. The quantitative estimate of drug-likeness (QED) is 0.685. The van der Waals surface area contributed by atoms with Crippen LogP contribution in [0, 0.1) is 18.3 Å². The summed E-state index contributed by atoms with van der Waals surface area (Å²) in [5.41, 5.74) is 3.10. The van der Waals surface area contributed by atoms with Crippen molar-refractivity contribution in [2.75, 3.05) is 11.4 Å². The van der Waals surface area contributed by atoms with E-state index in [9.17, 15) is 4.79 Å². The number of carbonyl (C=O) groups excluding carboxylic acids is 1. The molecule has 1 atom stereocenters. The second kappa shape index (κ2) is 6.86. The molecular weight excluding hydrogens is 364 g/mol. The zero-order valence-corrected chi connectivity index (χ0v) is 15.3. The van der Waals surface area contributed by atoms with E-state index in [4.69, 9.17) is 21.4 Å². The number of nitriles is 1. The van der Waals surface area contributed by atoms with Crippen LogP contribution in [0.4, 0.5) is 5.69 Å². The fraction of sp³-hybridized carbons (Fsp3) is 0.200. The number of halogens is 1. The van der Waals surface area contributed by atoms with E-state index in [1.165, 1.54) is 0 Å². The predicted molar refractivity (Wildman–Crippen MR) is 100 cm³/mol. The Morgan fingerprint density at radius 3 is 2.78 bits per heavy atom. The molecule has 0 N–H and O–H groups in total. The molecule has 27 heavy (non-hydrogen) atoms. The second-order valence-corrected chi connectivity index (χ2v) is 6.92. The van der Waals surface area contributed by atoms with Gasteiger partial charge in [0.25, 0.3) is 5.89 Å². The molecule has 0 radical (unpaired) electrons. The largest absolute Gasteiger partial charge is 0.334 e. The number of nitrogens with zero attached hydrogens (tertiary/aromatic N) is 4. The van der Waals surface area contributed by atoms with Crippen LogP contribution in [0.25, 0.3) is 11.5 Å². The van der Waals surface area contributed by atoms with E-state index in [1.807, 2.05) is 19.1 Å². The molecular formula is C20H15ClN4O2. The van der Waals surface area contributed by atoms with Crippen molar-refractivity contribution in [1.29, 1.82) is 5.26 Å². The molecule has 1 amide bonds. The molecule has 134 valence electrons. The van der Waals surface area contributed by atoms with E-state index in [0.717, 1.165) is 16.8 Å². The first-order chi connectivity index (χ1) is 13.0. The molecule has 0 bridgehead atoms. The summed E-state index contributed by atoms with van der Waals surface area (Å²) in [7, 11) is 0. The summed E-state index contributed by atoms with van der Waals surface area (Å²) in [6.45, 7) is 2.43. The average Bonchev–Trinajstić information content (AvgIpc) is 3.31. The third-order valence-electron chi connectivity index (χ3n) is 4.65. The van der Waals surface area contributed by atoms with Crippen LogP contribution in [0.15, 0.2) is 47.0 Å². The van der Waals surface area contributed by atoms with Gasteiger partial charge in [-0.15, -0.1) is 0 Å². The molecule has 2 aromatic carbocycles. The lowest BCUT2D eigenvalue weighted by Crippen LogP contribution is -2.25. The van der Waals surface area contributed by atoms with E-state index in [-0.39, 0.29) is 11.8 Å². The van der Waals surface area contributed by atoms with E-state index in [0.29, 0.717) is 35.3 Å². The molecule has 4 rings (SSSR count). The molecule has 1 aliphatic rings. The Kier molecular flexibility index (Phi) is 4.38. The minimum atomic E-state index is -0.147. The molecule has 1 aromatic heterocycles. The highest BCUT2D eigenvalue weighted by Crippen LogP contribution is 2.34. The maximum atomic E-state index is 12.5. The van der Waals surface area contributed by atoms with Gasteiger partial charge in [-0.25, -0.2) is 0 Å². The van der Waals surface area contributed by atoms with Crippen LogP contribution < -0.4 is 4.90 Å². The zero-order chi connectivity index (χ0) is 19.0. The SMILES string of the molecule is Cc1ccc(Cl)cc1N1CC(c2noc(-c3ccc(C#N)cc3)n2)CC1=O. The smallest absolute Gasteiger partial charge is 0.257 e. The maximum absolute atomic E-state index is 12.5. The van der Waals surface area contributed by atoms with E-state index in [1.54, 1.807) is 35.2 Å². The van der Waals surface area contributed by atoms with Crippen LogP contribution >= 0.6 is 11.6 Å². The van der Waals surface area contributed by atoms with Crippen LogP contribution in [0.5, 0.6) is 0 Å². The van der Waals surface area contributed by atoms with Gasteiger partial charge in [-0.05, 0) is 48.9 Å². The van der Waals surface area contributed by atoms with Gasteiger partial charge < -0.3 is 9.42 Å². The Labute approximate surface area is 161 Å². The number of anilines is 1. The Morgan fingerprint density at radius 1 is 1.26 bits per heavy atom. The number of benzene rings is 2. The molecule has 1 aliphatic heterocycles. The van der Waals surface area contributed by atoms with Gasteiger partial charge in [0.15, 0.2) is 5.82 Å². The van der Waals surface area contributed by atoms with E-state index >= 15 is 0 Å². The molecule has 0 saturated carbocycles. The fourth-order valence-electron chi connectivity index (χ4n) is 3.19. The summed E-state index contributed by atoms with van der Waals surface area (Å²) in [5.74, 6) is 0.742. The van der Waals surface area contributed by atoms with Gasteiger partial charge in [0, 0.05) is 35.2 Å². The highest BCUT2D eigenvalue weighted by Gasteiger charge is 2.35. The van der Waals surface area contributed by atoms with Gasteiger partial charge in [-0.2, -0.15) is 10.2 Å². The van der Waals surface area contributed by atoms with Gasteiger partial charge in [0.05, 0.1) is 11.6 Å². The van der Waals surface area contributed by atoms with Crippen LogP contribution in [-0.2, 0) is 4.79 Å². The lowest BCUT2D eigenvalue weighted by Gasteiger charge is -2.19. The summed E-state index contributed by atoms with van der Waals surface area (Å²) in [5, 5.41) is 13.5. The number of aryl methyl sites for hydroxylation is 1. The number of rotatable bonds is 3. The van der Waals surface area contributed by atoms with Gasteiger partial charge in [0.1, 0.15) is 0 Å². The molecule has 1 fully saturated rings. The van der Waals surface area contributed by atoms with Crippen LogP contribution in [0.1, 0.15) is 29.3 Å². The van der Waals surface area contributed by atoms with Crippen molar-refractivity contribution in [1.82, 2.24) is 10.1 Å². The first-order valence-corrected chi connectivity index (χ1v) is 8.83. The Hall–Kier alpha value is -3.17. The lowest BCUT2D eigenvalue weighted by atomic mass is 10.1. The van der Waals surface area contributed by atoms with Gasteiger partial charge in [-0.1, -0.05) is 22.8 Å². The first-order valence-electron chi connectivity index (χ1n) is 8.46. The maximum Gasteiger partial charge on any atom is 0.257 e. The Bertz CT molecular complexity index is 1050. The van der Waals surface area contributed by atoms with Gasteiger partial charge >= 0.3 is 0 Å². The fourth-order valence-corrected chi connectivity index (χ4v) is 3.36. The molecule has 6 nitrogen and oxygen atoms in total. The van der Waals surface area contributed by atoms with Crippen molar-refractivity contribution < 1.29 is 9.32 Å². The molecule has 7 heteroatoms. The first kappa shape index (κ1) is 17.3. The summed E-state index contributed by atoms with van der Waals surface area (Å²) in [6.07, 6.45) is 0.318. The normalized spacial score (nSPS) is 16.6. The van der Waals surface area contributed by atoms with Crippen molar-refractivity contribution in [2.45, 2.75) is 19.3 Å². The molecule has 2 heterocycles. The van der Waals surface area contributed by atoms with Gasteiger partial charge in [0.2, 0.25) is 5.91 Å². The van der Waals surface area contributed by atoms with Crippen molar-refractivity contribution in [3.8, 4) is 17.5 Å². The van der Waals surface area contributed by atoms with Crippen LogP contribution in [0.2, 0.25) is 5.02 Å². The summed E-state index contributed by atoms with van der Waals surface area (Å²) in [6, 6.07) is 14.5. The number of hydrogen-bond acceptors (Lipinski definition) is 5. The molecule has 3 aromatic rings. The van der Waals surface area contributed by atoms with Crippen molar-refractivity contribution in [2.24, 2.45) is 0 Å². The second-order valence-electron chi connectivity index (χ2n) is 6.48. The summed E-state index contributed by atoms with van der Waals surface area (Å²) >= 11 is 6.09. The number of hydrogen-bond donors (Lipinski definition) is 0. The molecule has 1 unspecified atom stereocenters. The highest BCUT2D eigenvalue weighted by atomic mass is 35.5. The summed E-state index contributed by atoms with van der Waals surface area (Å²) in [4.78, 5) is 18.7. The van der Waals surface area contributed by atoms with E-state index < -0.39 is 0 Å². The van der Waals surface area contributed by atoms with Crippen molar-refractivity contribution in [3.63, 3.8) is 0 Å². The monoisotopic (exact) mass is 378 g/mol. The topological polar surface area (TPSA) is 83.0 Å². The molecule has 1 saturated heterocycles. The lowest BCUT2D eigenvalue weighted by molar-refractivity contribution is -0.117. The number of aromatic nitrogens is 2. The average molecular weight is 379 g/mol. The molecule has 0 aliphatic carbocycles. The van der Waals surface area contributed by atoms with E-state index in [2.05, 4.69) is 16.2 Å². The van der Waals surface area contributed by atoms with Crippen LogP contribution in [-0.4, -0.2) is 22.6 Å². The third-order valence-corrected chi connectivity index (χ3v) is 4.89. The third kappa shape index (κ3) is 3.29. The standard InChI is InChI=1S/C20H15ClN4O2/c1-12-2-7-16(21)9-17(12)25-11-15(8-18(25)26)19-23-20(27-24-19)14-5-3-13(10-22)4-6-14/h2-7,9,15H,8,11H2,1H3. The minimum Gasteiger partial charge on any atom is -0.334 e. The Morgan fingerprint density at radius 2 is 2.04 bits per heavy atom. The number of amides is 1.